The van der Waals surface area contributed by atoms with Crippen molar-refractivity contribution in [1.82, 2.24) is 4.90 Å². The van der Waals surface area contributed by atoms with Crippen LogP contribution in [0.2, 0.25) is 0 Å². The van der Waals surface area contributed by atoms with Crippen molar-refractivity contribution in [2.75, 3.05) is 32.1 Å². The fourth-order valence-electron chi connectivity index (χ4n) is 1.70. The molecule has 1 aromatic rings. The predicted octanol–water partition coefficient (Wildman–Crippen LogP) is 1.36. The van der Waals surface area contributed by atoms with Crippen molar-refractivity contribution >= 4 is 11.6 Å². The van der Waals surface area contributed by atoms with E-state index in [1.807, 2.05) is 13.0 Å². The number of nitriles is 1. The summed E-state index contributed by atoms with van der Waals surface area (Å²) in [6.45, 7) is 2.79. The summed E-state index contributed by atoms with van der Waals surface area (Å²) in [7, 11) is 1.51. The maximum atomic E-state index is 12.1. The van der Waals surface area contributed by atoms with Crippen LogP contribution >= 0.6 is 0 Å². The largest absolute Gasteiger partial charge is 0.495 e. The number of ether oxygens (including phenoxy) is 1. The Morgan fingerprint density at radius 2 is 2.24 bits per heavy atom. The number of para-hydroxylation sites is 2. The third-order valence-corrected chi connectivity index (χ3v) is 2.83. The Morgan fingerprint density at radius 1 is 1.52 bits per heavy atom. The number of amides is 1. The molecule has 1 aromatic carbocycles. The molecule has 0 aromatic heterocycles. The number of anilines is 1. The molecule has 0 atom stereocenters. The molecule has 112 valence electrons. The second kappa shape index (κ2) is 8.61. The maximum Gasteiger partial charge on any atom is 0.267 e. The van der Waals surface area contributed by atoms with Crippen LogP contribution in [0.4, 0.5) is 5.69 Å². The molecule has 0 unspecified atom stereocenters. The Labute approximate surface area is 124 Å². The fourth-order valence-corrected chi connectivity index (χ4v) is 1.70. The minimum Gasteiger partial charge on any atom is -0.495 e. The van der Waals surface area contributed by atoms with Gasteiger partial charge < -0.3 is 20.1 Å². The summed E-state index contributed by atoms with van der Waals surface area (Å²) < 4.78 is 5.14. The lowest BCUT2D eigenvalue weighted by Gasteiger charge is -2.17. The zero-order valence-electron chi connectivity index (χ0n) is 12.2. The van der Waals surface area contributed by atoms with Crippen molar-refractivity contribution < 1.29 is 14.6 Å². The smallest absolute Gasteiger partial charge is 0.267 e. The molecule has 0 bridgehead atoms. The number of rotatable bonds is 7. The molecular formula is C15H19N3O3. The molecule has 0 aliphatic rings. The molecule has 0 saturated carbocycles. The number of carbonyl (C=O) groups excluding carboxylic acids is 1. The third kappa shape index (κ3) is 4.82. The number of methoxy groups -OCH3 is 1. The molecular weight excluding hydrogens is 270 g/mol. The number of likely N-dealkylation sites (N-methyl/N-ethyl adjacent to an activating group) is 1. The molecule has 0 radical (unpaired) electrons. The van der Waals surface area contributed by atoms with Crippen molar-refractivity contribution in [1.29, 1.82) is 5.26 Å². The predicted molar refractivity (Wildman–Crippen MR) is 79.7 cm³/mol. The number of nitrogens with zero attached hydrogens (tertiary/aromatic N) is 2. The van der Waals surface area contributed by atoms with Crippen molar-refractivity contribution in [2.45, 2.75) is 6.92 Å². The van der Waals surface area contributed by atoms with Crippen molar-refractivity contribution in [3.05, 3.63) is 36.0 Å². The van der Waals surface area contributed by atoms with Gasteiger partial charge in [0.1, 0.15) is 17.4 Å². The summed E-state index contributed by atoms with van der Waals surface area (Å²) in [5, 5.41) is 20.7. The molecule has 1 rings (SSSR count). The molecule has 6 heteroatoms. The van der Waals surface area contributed by atoms with Gasteiger partial charge in [0.2, 0.25) is 0 Å². The van der Waals surface area contributed by atoms with Crippen LogP contribution in [0.5, 0.6) is 5.75 Å². The van der Waals surface area contributed by atoms with E-state index in [2.05, 4.69) is 5.32 Å². The fraction of sp³-hybridized carbons (Fsp3) is 0.333. The first kappa shape index (κ1) is 16.5. The molecule has 0 heterocycles. The molecule has 2 N–H and O–H groups in total. The van der Waals surface area contributed by atoms with Gasteiger partial charge in [-0.25, -0.2) is 0 Å². The van der Waals surface area contributed by atoms with Gasteiger partial charge >= 0.3 is 0 Å². The van der Waals surface area contributed by atoms with Crippen molar-refractivity contribution in [3.8, 4) is 11.8 Å². The summed E-state index contributed by atoms with van der Waals surface area (Å²) in [5.74, 6) is 0.00392. The maximum absolute atomic E-state index is 12.1. The Kier molecular flexibility index (Phi) is 6.78. The Hall–Kier alpha value is -2.52. The quantitative estimate of drug-likeness (QED) is 0.584. The normalized spacial score (nSPS) is 10.7. The van der Waals surface area contributed by atoms with E-state index >= 15 is 0 Å². The summed E-state index contributed by atoms with van der Waals surface area (Å²) in [6, 6.07) is 8.83. The van der Waals surface area contributed by atoms with Gasteiger partial charge in [-0.15, -0.1) is 0 Å². The Balaban J connectivity index is 2.89. The Morgan fingerprint density at radius 3 is 2.81 bits per heavy atom. The Bertz CT molecular complexity index is 549. The van der Waals surface area contributed by atoms with Gasteiger partial charge in [-0.2, -0.15) is 5.26 Å². The molecule has 0 fully saturated rings. The van der Waals surface area contributed by atoms with Gasteiger partial charge in [0, 0.05) is 19.3 Å². The first-order chi connectivity index (χ1) is 10.2. The van der Waals surface area contributed by atoms with Crippen LogP contribution in [0.15, 0.2) is 36.0 Å². The lowest BCUT2D eigenvalue weighted by Crippen LogP contribution is -2.23. The number of hydrogen-bond acceptors (Lipinski definition) is 5. The molecule has 21 heavy (non-hydrogen) atoms. The number of nitrogens with one attached hydrogen (secondary N) is 1. The first-order valence-corrected chi connectivity index (χ1v) is 6.57. The number of carbonyl (C=O) groups is 1. The van der Waals surface area contributed by atoms with Crippen molar-refractivity contribution in [2.24, 2.45) is 0 Å². The molecule has 0 aliphatic heterocycles. The second-order valence-corrected chi connectivity index (χ2v) is 4.16. The van der Waals surface area contributed by atoms with E-state index in [4.69, 9.17) is 15.1 Å². The molecule has 6 nitrogen and oxygen atoms in total. The van der Waals surface area contributed by atoms with Crippen LogP contribution in [0, 0.1) is 11.3 Å². The highest BCUT2D eigenvalue weighted by atomic mass is 16.5. The van der Waals surface area contributed by atoms with Crippen LogP contribution in [0.1, 0.15) is 6.92 Å². The van der Waals surface area contributed by atoms with Gasteiger partial charge in [-0.1, -0.05) is 12.1 Å². The van der Waals surface area contributed by atoms with Crippen LogP contribution in [0.25, 0.3) is 0 Å². The number of aliphatic hydroxyl groups is 1. The lowest BCUT2D eigenvalue weighted by molar-refractivity contribution is -0.112. The van der Waals surface area contributed by atoms with Gasteiger partial charge in [-0.05, 0) is 19.1 Å². The average Bonchev–Trinajstić information content (AvgIpc) is 2.51. The minimum absolute atomic E-state index is 0.0313. The van der Waals surface area contributed by atoms with Crippen LogP contribution in [-0.2, 0) is 4.79 Å². The molecule has 0 saturated heterocycles. The van der Waals surface area contributed by atoms with E-state index < -0.39 is 5.91 Å². The highest BCUT2D eigenvalue weighted by molar-refractivity contribution is 6.07. The first-order valence-electron chi connectivity index (χ1n) is 6.57. The molecule has 1 amide bonds. The van der Waals surface area contributed by atoms with Crippen LogP contribution < -0.4 is 10.1 Å². The van der Waals surface area contributed by atoms with Gasteiger partial charge in [0.15, 0.2) is 0 Å². The summed E-state index contributed by atoms with van der Waals surface area (Å²) in [4.78, 5) is 13.8. The highest BCUT2D eigenvalue weighted by Gasteiger charge is 2.13. The zero-order valence-corrected chi connectivity index (χ0v) is 12.2. The number of hydrogen-bond donors (Lipinski definition) is 2. The van der Waals surface area contributed by atoms with E-state index in [-0.39, 0.29) is 12.2 Å². The topological polar surface area (TPSA) is 85.6 Å². The van der Waals surface area contributed by atoms with Gasteiger partial charge in [0.25, 0.3) is 5.91 Å². The summed E-state index contributed by atoms with van der Waals surface area (Å²) in [6.07, 6.45) is 1.45. The average molecular weight is 289 g/mol. The monoisotopic (exact) mass is 289 g/mol. The van der Waals surface area contributed by atoms with Crippen molar-refractivity contribution in [3.63, 3.8) is 0 Å². The van der Waals surface area contributed by atoms with Gasteiger partial charge in [-0.3, -0.25) is 4.79 Å². The van der Waals surface area contributed by atoms with Crippen LogP contribution in [0.3, 0.4) is 0 Å². The number of benzene rings is 1. The molecule has 0 aliphatic carbocycles. The van der Waals surface area contributed by atoms with Crippen LogP contribution in [-0.4, -0.2) is 42.7 Å². The number of aliphatic hydroxyl groups excluding tert-OH is 1. The van der Waals surface area contributed by atoms with Gasteiger partial charge in [0.05, 0.1) is 19.4 Å². The standard InChI is InChI=1S/C15H19N3O3/c1-3-18(8-9-19)11-12(10-16)15(20)17-13-6-4-5-7-14(13)21-2/h4-7,11,19H,3,8-9H2,1-2H3,(H,17,20)/b12-11-. The third-order valence-electron chi connectivity index (χ3n) is 2.83. The summed E-state index contributed by atoms with van der Waals surface area (Å²) >= 11 is 0. The SMILES string of the molecule is CCN(/C=C(/C#N)C(=O)Nc1ccccc1OC)CCO. The highest BCUT2D eigenvalue weighted by Crippen LogP contribution is 2.23. The lowest BCUT2D eigenvalue weighted by atomic mass is 10.2. The second-order valence-electron chi connectivity index (χ2n) is 4.16. The summed E-state index contributed by atoms with van der Waals surface area (Å²) in [5.41, 5.74) is 0.465. The zero-order chi connectivity index (χ0) is 15.7. The molecule has 0 spiro atoms. The van der Waals surface area contributed by atoms with E-state index in [0.29, 0.717) is 24.5 Å². The van der Waals surface area contributed by atoms with E-state index in [1.54, 1.807) is 29.2 Å². The minimum atomic E-state index is -0.515. The van der Waals surface area contributed by atoms with E-state index in [9.17, 15) is 4.79 Å². The van der Waals surface area contributed by atoms with E-state index in [1.165, 1.54) is 13.3 Å². The van der Waals surface area contributed by atoms with E-state index in [0.717, 1.165) is 0 Å².